The lowest BCUT2D eigenvalue weighted by Crippen LogP contribution is -2.30. The highest BCUT2D eigenvalue weighted by atomic mass is 16.5. The first-order valence-corrected chi connectivity index (χ1v) is 7.52. The van der Waals surface area contributed by atoms with E-state index in [-0.39, 0.29) is 11.9 Å². The van der Waals surface area contributed by atoms with Gasteiger partial charge in [-0.2, -0.15) is 0 Å². The molecule has 23 heavy (non-hydrogen) atoms. The van der Waals surface area contributed by atoms with Gasteiger partial charge in [0.25, 0.3) is 5.91 Å². The molecule has 0 bridgehead atoms. The van der Waals surface area contributed by atoms with Crippen LogP contribution in [0, 0.1) is 5.92 Å². The summed E-state index contributed by atoms with van der Waals surface area (Å²) in [4.78, 5) is 34.8. The third kappa shape index (κ3) is 4.95. The zero-order valence-electron chi connectivity index (χ0n) is 13.0. The molecule has 2 atom stereocenters. The van der Waals surface area contributed by atoms with Crippen LogP contribution in [0.2, 0.25) is 0 Å². The predicted molar refractivity (Wildman–Crippen MR) is 85.6 cm³/mol. The Morgan fingerprint density at radius 1 is 1.30 bits per heavy atom. The SMILES string of the molecule is C[C@@H](OC(=O)C[C@@H]1C=CCC1)C(=O)Nc1ccc(C(N)=O)cc1. The Morgan fingerprint density at radius 3 is 2.57 bits per heavy atom. The third-order valence-corrected chi connectivity index (χ3v) is 3.66. The van der Waals surface area contributed by atoms with Gasteiger partial charge in [0.1, 0.15) is 0 Å². The predicted octanol–water partition coefficient (Wildman–Crippen LogP) is 2.01. The molecule has 0 aliphatic heterocycles. The number of nitrogens with one attached hydrogen (secondary N) is 1. The van der Waals surface area contributed by atoms with E-state index in [9.17, 15) is 14.4 Å². The van der Waals surface area contributed by atoms with E-state index in [0.717, 1.165) is 12.8 Å². The number of carbonyl (C=O) groups is 3. The van der Waals surface area contributed by atoms with Gasteiger partial charge in [-0.25, -0.2) is 0 Å². The Bertz CT molecular complexity index is 622. The standard InChI is InChI=1S/C17H20N2O4/c1-11(23-15(20)10-12-4-2-3-5-12)17(22)19-14-8-6-13(7-9-14)16(18)21/h2,4,6-9,11-12H,3,5,10H2,1H3,(H2,18,21)(H,19,22)/t11-,12-/m1/s1. The molecule has 0 aromatic heterocycles. The van der Waals surface area contributed by atoms with Gasteiger partial charge in [-0.3, -0.25) is 14.4 Å². The molecule has 0 unspecified atom stereocenters. The van der Waals surface area contributed by atoms with Crippen LogP contribution in [-0.2, 0) is 14.3 Å². The second kappa shape index (κ2) is 7.58. The molecule has 1 aromatic rings. The number of esters is 1. The van der Waals surface area contributed by atoms with Gasteiger partial charge >= 0.3 is 5.97 Å². The van der Waals surface area contributed by atoms with Gasteiger partial charge in [0.05, 0.1) is 6.42 Å². The average molecular weight is 316 g/mol. The number of amides is 2. The lowest BCUT2D eigenvalue weighted by Gasteiger charge is -2.15. The summed E-state index contributed by atoms with van der Waals surface area (Å²) in [6.45, 7) is 1.52. The summed E-state index contributed by atoms with van der Waals surface area (Å²) in [5.74, 6) is -1.13. The lowest BCUT2D eigenvalue weighted by molar-refractivity contribution is -0.153. The molecule has 2 amide bonds. The molecular formula is C17H20N2O4. The van der Waals surface area contributed by atoms with Gasteiger partial charge in [-0.1, -0.05) is 12.2 Å². The number of benzene rings is 1. The first-order chi connectivity index (χ1) is 11.0. The van der Waals surface area contributed by atoms with E-state index in [1.54, 1.807) is 12.1 Å². The Hall–Kier alpha value is -2.63. The summed E-state index contributed by atoms with van der Waals surface area (Å²) in [5, 5.41) is 2.62. The minimum Gasteiger partial charge on any atom is -0.453 e. The summed E-state index contributed by atoms with van der Waals surface area (Å²) in [6.07, 6.45) is 5.39. The molecule has 122 valence electrons. The van der Waals surface area contributed by atoms with Crippen molar-refractivity contribution >= 4 is 23.5 Å². The highest BCUT2D eigenvalue weighted by Crippen LogP contribution is 2.21. The first-order valence-electron chi connectivity index (χ1n) is 7.52. The van der Waals surface area contributed by atoms with Gasteiger partial charge in [0.15, 0.2) is 6.10 Å². The molecule has 1 aromatic carbocycles. The van der Waals surface area contributed by atoms with Crippen molar-refractivity contribution in [3.8, 4) is 0 Å². The fraction of sp³-hybridized carbons (Fsp3) is 0.353. The van der Waals surface area contributed by atoms with Crippen LogP contribution in [0.4, 0.5) is 5.69 Å². The zero-order valence-corrected chi connectivity index (χ0v) is 13.0. The van der Waals surface area contributed by atoms with Crippen LogP contribution in [0.5, 0.6) is 0 Å². The van der Waals surface area contributed by atoms with E-state index < -0.39 is 17.9 Å². The van der Waals surface area contributed by atoms with Crippen LogP contribution in [0.25, 0.3) is 0 Å². The van der Waals surface area contributed by atoms with Gasteiger partial charge in [0, 0.05) is 11.3 Å². The van der Waals surface area contributed by atoms with Gasteiger partial charge in [0.2, 0.25) is 5.91 Å². The summed E-state index contributed by atoms with van der Waals surface area (Å²) in [5.41, 5.74) is 6.00. The second-order valence-electron chi connectivity index (χ2n) is 5.53. The summed E-state index contributed by atoms with van der Waals surface area (Å²) < 4.78 is 5.15. The number of hydrogen-bond donors (Lipinski definition) is 2. The summed E-state index contributed by atoms with van der Waals surface area (Å²) in [7, 11) is 0. The maximum absolute atomic E-state index is 12.0. The van der Waals surface area contributed by atoms with Crippen molar-refractivity contribution in [2.24, 2.45) is 11.7 Å². The zero-order chi connectivity index (χ0) is 16.8. The maximum atomic E-state index is 12.0. The quantitative estimate of drug-likeness (QED) is 0.619. The van der Waals surface area contributed by atoms with Gasteiger partial charge in [-0.15, -0.1) is 0 Å². The van der Waals surface area contributed by atoms with Crippen molar-refractivity contribution in [2.75, 3.05) is 5.32 Å². The minimum atomic E-state index is -0.885. The third-order valence-electron chi connectivity index (χ3n) is 3.66. The molecular weight excluding hydrogens is 296 g/mol. The van der Waals surface area contributed by atoms with Crippen molar-refractivity contribution in [3.63, 3.8) is 0 Å². The largest absolute Gasteiger partial charge is 0.453 e. The van der Waals surface area contributed by atoms with E-state index in [4.69, 9.17) is 10.5 Å². The van der Waals surface area contributed by atoms with Crippen molar-refractivity contribution in [2.45, 2.75) is 32.3 Å². The molecule has 0 radical (unpaired) electrons. The van der Waals surface area contributed by atoms with Crippen molar-refractivity contribution in [1.29, 1.82) is 0 Å². The van der Waals surface area contributed by atoms with Crippen molar-refractivity contribution in [1.82, 2.24) is 0 Å². The average Bonchev–Trinajstić information content (AvgIpc) is 3.00. The molecule has 0 fully saturated rings. The molecule has 6 heteroatoms. The van der Waals surface area contributed by atoms with Crippen molar-refractivity contribution < 1.29 is 19.1 Å². The molecule has 0 heterocycles. The first kappa shape index (κ1) is 16.7. The van der Waals surface area contributed by atoms with Crippen molar-refractivity contribution in [3.05, 3.63) is 42.0 Å². The Balaban J connectivity index is 1.83. The number of anilines is 1. The number of ether oxygens (including phenoxy) is 1. The molecule has 6 nitrogen and oxygen atoms in total. The number of nitrogens with two attached hydrogens (primary N) is 1. The lowest BCUT2D eigenvalue weighted by atomic mass is 10.1. The van der Waals surface area contributed by atoms with E-state index >= 15 is 0 Å². The molecule has 1 aliphatic rings. The number of primary amides is 1. The van der Waals surface area contributed by atoms with E-state index in [1.807, 2.05) is 12.2 Å². The number of allylic oxidation sites excluding steroid dienone is 2. The van der Waals surface area contributed by atoms with Crippen LogP contribution in [0.3, 0.4) is 0 Å². The van der Waals surface area contributed by atoms with Crippen LogP contribution >= 0.6 is 0 Å². The Kier molecular flexibility index (Phi) is 5.51. The smallest absolute Gasteiger partial charge is 0.307 e. The number of rotatable bonds is 6. The second-order valence-corrected chi connectivity index (χ2v) is 5.53. The fourth-order valence-corrected chi connectivity index (χ4v) is 2.34. The molecule has 3 N–H and O–H groups in total. The highest BCUT2D eigenvalue weighted by Gasteiger charge is 2.21. The molecule has 0 saturated heterocycles. The summed E-state index contributed by atoms with van der Waals surface area (Å²) >= 11 is 0. The Labute approximate surface area is 134 Å². The number of carbonyl (C=O) groups excluding carboxylic acids is 3. The Morgan fingerprint density at radius 2 is 2.00 bits per heavy atom. The molecule has 1 aliphatic carbocycles. The number of hydrogen-bond acceptors (Lipinski definition) is 4. The molecule has 2 rings (SSSR count). The van der Waals surface area contributed by atoms with Gasteiger partial charge < -0.3 is 15.8 Å². The van der Waals surface area contributed by atoms with Crippen LogP contribution in [0.15, 0.2) is 36.4 Å². The normalized spacial score (nSPS) is 17.5. The maximum Gasteiger partial charge on any atom is 0.307 e. The minimum absolute atomic E-state index is 0.208. The topological polar surface area (TPSA) is 98.5 Å². The van der Waals surface area contributed by atoms with E-state index in [1.165, 1.54) is 19.1 Å². The van der Waals surface area contributed by atoms with Crippen LogP contribution in [-0.4, -0.2) is 23.9 Å². The fourth-order valence-electron chi connectivity index (χ4n) is 2.34. The highest BCUT2D eigenvalue weighted by molar-refractivity contribution is 5.96. The summed E-state index contributed by atoms with van der Waals surface area (Å²) in [6, 6.07) is 6.16. The van der Waals surface area contributed by atoms with E-state index in [0.29, 0.717) is 17.7 Å². The molecule has 0 spiro atoms. The van der Waals surface area contributed by atoms with Crippen LogP contribution in [0.1, 0.15) is 36.5 Å². The van der Waals surface area contributed by atoms with E-state index in [2.05, 4.69) is 5.32 Å². The van der Waals surface area contributed by atoms with Crippen LogP contribution < -0.4 is 11.1 Å². The molecule has 0 saturated carbocycles. The monoisotopic (exact) mass is 316 g/mol. The van der Waals surface area contributed by atoms with Gasteiger partial charge in [-0.05, 0) is 49.9 Å².